The van der Waals surface area contributed by atoms with Gasteiger partial charge in [0.05, 0.1) is 13.2 Å². The SMILES string of the molecule is CCOc1cccc(/C=C/C(=O)c2cccc(OCC)c2)c1. The summed E-state index contributed by atoms with van der Waals surface area (Å²) in [7, 11) is 0. The van der Waals surface area contributed by atoms with Gasteiger partial charge in [0.2, 0.25) is 0 Å². The highest BCUT2D eigenvalue weighted by Gasteiger charge is 2.03. The molecule has 0 spiro atoms. The Morgan fingerprint density at radius 2 is 1.59 bits per heavy atom. The van der Waals surface area contributed by atoms with E-state index in [2.05, 4.69) is 0 Å². The van der Waals surface area contributed by atoms with Crippen LogP contribution in [-0.2, 0) is 0 Å². The van der Waals surface area contributed by atoms with E-state index in [1.807, 2.05) is 50.2 Å². The Balaban J connectivity index is 2.10. The summed E-state index contributed by atoms with van der Waals surface area (Å²) in [5.74, 6) is 1.46. The molecule has 114 valence electrons. The second-order valence-electron chi connectivity index (χ2n) is 4.66. The summed E-state index contributed by atoms with van der Waals surface area (Å²) in [6.07, 6.45) is 3.36. The fourth-order valence-corrected chi connectivity index (χ4v) is 2.05. The molecule has 0 aliphatic carbocycles. The van der Waals surface area contributed by atoms with Crippen LogP contribution in [0.1, 0.15) is 29.8 Å². The maximum Gasteiger partial charge on any atom is 0.185 e. The summed E-state index contributed by atoms with van der Waals surface area (Å²) < 4.78 is 10.9. The average Bonchev–Trinajstić information content (AvgIpc) is 2.54. The van der Waals surface area contributed by atoms with Crippen molar-refractivity contribution in [1.82, 2.24) is 0 Å². The van der Waals surface area contributed by atoms with E-state index in [1.165, 1.54) is 0 Å². The molecule has 2 rings (SSSR count). The maximum absolute atomic E-state index is 12.2. The van der Waals surface area contributed by atoms with Crippen LogP contribution in [0.25, 0.3) is 6.08 Å². The van der Waals surface area contributed by atoms with Gasteiger partial charge in [0, 0.05) is 5.56 Å². The molecule has 0 fully saturated rings. The maximum atomic E-state index is 12.2. The molecule has 2 aromatic rings. The summed E-state index contributed by atoms with van der Waals surface area (Å²) in [6, 6.07) is 14.8. The third-order valence-electron chi connectivity index (χ3n) is 3.03. The van der Waals surface area contributed by atoms with Gasteiger partial charge in [-0.25, -0.2) is 0 Å². The normalized spacial score (nSPS) is 10.6. The zero-order chi connectivity index (χ0) is 15.8. The van der Waals surface area contributed by atoms with E-state index in [0.717, 1.165) is 11.3 Å². The quantitative estimate of drug-likeness (QED) is 0.562. The van der Waals surface area contributed by atoms with Gasteiger partial charge in [-0.2, -0.15) is 0 Å². The third-order valence-corrected chi connectivity index (χ3v) is 3.03. The zero-order valence-corrected chi connectivity index (χ0v) is 12.9. The van der Waals surface area contributed by atoms with Gasteiger partial charge in [-0.3, -0.25) is 4.79 Å². The highest BCUT2D eigenvalue weighted by molar-refractivity contribution is 6.07. The molecule has 2 aromatic carbocycles. The highest BCUT2D eigenvalue weighted by Crippen LogP contribution is 2.16. The van der Waals surface area contributed by atoms with Crippen LogP contribution in [0.5, 0.6) is 11.5 Å². The van der Waals surface area contributed by atoms with Crippen LogP contribution in [-0.4, -0.2) is 19.0 Å². The molecule has 0 radical (unpaired) electrons. The number of carbonyl (C=O) groups excluding carboxylic acids is 1. The van der Waals surface area contributed by atoms with E-state index in [9.17, 15) is 4.79 Å². The van der Waals surface area contributed by atoms with Gasteiger partial charge in [-0.05, 0) is 49.8 Å². The largest absolute Gasteiger partial charge is 0.494 e. The number of ether oxygens (including phenoxy) is 2. The van der Waals surface area contributed by atoms with Crippen LogP contribution in [0.4, 0.5) is 0 Å². The second kappa shape index (κ2) is 8.03. The molecule has 0 amide bonds. The first-order valence-corrected chi connectivity index (χ1v) is 7.41. The van der Waals surface area contributed by atoms with Gasteiger partial charge in [-0.1, -0.05) is 30.3 Å². The molecule has 0 saturated carbocycles. The van der Waals surface area contributed by atoms with Crippen LogP contribution < -0.4 is 9.47 Å². The molecule has 0 aliphatic rings. The fraction of sp³-hybridized carbons (Fsp3) is 0.211. The molecule has 0 aliphatic heterocycles. The summed E-state index contributed by atoms with van der Waals surface area (Å²) in [4.78, 5) is 12.2. The van der Waals surface area contributed by atoms with Crippen molar-refractivity contribution in [3.05, 3.63) is 65.7 Å². The number of hydrogen-bond donors (Lipinski definition) is 0. The number of rotatable bonds is 7. The molecule has 0 heterocycles. The molecule has 22 heavy (non-hydrogen) atoms. The van der Waals surface area contributed by atoms with Gasteiger partial charge >= 0.3 is 0 Å². The van der Waals surface area contributed by atoms with Gasteiger partial charge in [0.1, 0.15) is 11.5 Å². The summed E-state index contributed by atoms with van der Waals surface area (Å²) in [5, 5.41) is 0. The molecule has 0 N–H and O–H groups in total. The van der Waals surface area contributed by atoms with Crippen LogP contribution in [0, 0.1) is 0 Å². The highest BCUT2D eigenvalue weighted by atomic mass is 16.5. The van der Waals surface area contributed by atoms with Crippen molar-refractivity contribution in [1.29, 1.82) is 0 Å². The molecular formula is C19H20O3. The second-order valence-corrected chi connectivity index (χ2v) is 4.66. The van der Waals surface area contributed by atoms with Crippen LogP contribution in [0.3, 0.4) is 0 Å². The Labute approximate surface area is 131 Å². The minimum atomic E-state index is -0.0524. The average molecular weight is 296 g/mol. The van der Waals surface area contributed by atoms with Crippen molar-refractivity contribution in [2.75, 3.05) is 13.2 Å². The van der Waals surface area contributed by atoms with E-state index in [-0.39, 0.29) is 5.78 Å². The van der Waals surface area contributed by atoms with Crippen molar-refractivity contribution in [2.24, 2.45) is 0 Å². The van der Waals surface area contributed by atoms with Crippen LogP contribution >= 0.6 is 0 Å². The number of ketones is 1. The summed E-state index contributed by atoms with van der Waals surface area (Å²) >= 11 is 0. The molecule has 0 unspecified atom stereocenters. The predicted molar refractivity (Wildman–Crippen MR) is 88.6 cm³/mol. The Hall–Kier alpha value is -2.55. The number of benzene rings is 2. The molecule has 3 heteroatoms. The Bertz CT molecular complexity index is 659. The Kier molecular flexibility index (Phi) is 5.78. The molecule has 0 bridgehead atoms. The zero-order valence-electron chi connectivity index (χ0n) is 12.9. The van der Waals surface area contributed by atoms with E-state index >= 15 is 0 Å². The van der Waals surface area contributed by atoms with Crippen LogP contribution in [0.15, 0.2) is 54.6 Å². The first-order chi connectivity index (χ1) is 10.7. The van der Waals surface area contributed by atoms with Gasteiger partial charge in [0.25, 0.3) is 0 Å². The number of allylic oxidation sites excluding steroid dienone is 1. The topological polar surface area (TPSA) is 35.5 Å². The standard InChI is InChI=1S/C19H20O3/c1-3-21-17-9-5-7-15(13-17)11-12-19(20)16-8-6-10-18(14-16)22-4-2/h5-14H,3-4H2,1-2H3/b12-11+. The van der Waals surface area contributed by atoms with E-state index in [0.29, 0.717) is 24.5 Å². The Morgan fingerprint density at radius 3 is 2.27 bits per heavy atom. The lowest BCUT2D eigenvalue weighted by atomic mass is 10.1. The molecule has 0 atom stereocenters. The first kappa shape index (κ1) is 15.8. The fourth-order valence-electron chi connectivity index (χ4n) is 2.05. The van der Waals surface area contributed by atoms with Crippen molar-refractivity contribution in [3.63, 3.8) is 0 Å². The number of hydrogen-bond acceptors (Lipinski definition) is 3. The molecule has 3 nitrogen and oxygen atoms in total. The molecule has 0 aromatic heterocycles. The van der Waals surface area contributed by atoms with Crippen molar-refractivity contribution >= 4 is 11.9 Å². The smallest absolute Gasteiger partial charge is 0.185 e. The lowest BCUT2D eigenvalue weighted by Gasteiger charge is -2.04. The molecular weight excluding hydrogens is 276 g/mol. The van der Waals surface area contributed by atoms with Gasteiger partial charge in [0.15, 0.2) is 5.78 Å². The van der Waals surface area contributed by atoms with Gasteiger partial charge < -0.3 is 9.47 Å². The third kappa shape index (κ3) is 4.48. The lowest BCUT2D eigenvalue weighted by Crippen LogP contribution is -1.97. The van der Waals surface area contributed by atoms with Crippen molar-refractivity contribution in [3.8, 4) is 11.5 Å². The summed E-state index contributed by atoms with van der Waals surface area (Å²) in [5.41, 5.74) is 1.54. The first-order valence-electron chi connectivity index (χ1n) is 7.41. The van der Waals surface area contributed by atoms with Crippen LogP contribution in [0.2, 0.25) is 0 Å². The van der Waals surface area contributed by atoms with E-state index < -0.39 is 0 Å². The monoisotopic (exact) mass is 296 g/mol. The lowest BCUT2D eigenvalue weighted by molar-refractivity contribution is 0.104. The van der Waals surface area contributed by atoms with Crippen molar-refractivity contribution in [2.45, 2.75) is 13.8 Å². The Morgan fingerprint density at radius 1 is 0.955 bits per heavy atom. The minimum absolute atomic E-state index is 0.0524. The van der Waals surface area contributed by atoms with Crippen molar-refractivity contribution < 1.29 is 14.3 Å². The van der Waals surface area contributed by atoms with E-state index in [1.54, 1.807) is 24.3 Å². The minimum Gasteiger partial charge on any atom is -0.494 e. The van der Waals surface area contributed by atoms with E-state index in [4.69, 9.17) is 9.47 Å². The predicted octanol–water partition coefficient (Wildman–Crippen LogP) is 4.38. The van der Waals surface area contributed by atoms with Gasteiger partial charge in [-0.15, -0.1) is 0 Å². The summed E-state index contributed by atoms with van der Waals surface area (Å²) in [6.45, 7) is 5.06. The molecule has 0 saturated heterocycles. The number of carbonyl (C=O) groups is 1.